The summed E-state index contributed by atoms with van der Waals surface area (Å²) >= 11 is 0. The quantitative estimate of drug-likeness (QED) is 0.486. The Morgan fingerprint density at radius 1 is 0.969 bits per heavy atom. The Bertz CT molecular complexity index is 1300. The number of methoxy groups -OCH3 is 2. The van der Waals surface area contributed by atoms with Gasteiger partial charge in [0, 0.05) is 22.4 Å². The van der Waals surface area contributed by atoms with Crippen LogP contribution in [0.25, 0.3) is 11.3 Å². The van der Waals surface area contributed by atoms with Gasteiger partial charge in [0.2, 0.25) is 0 Å². The van der Waals surface area contributed by atoms with E-state index in [0.29, 0.717) is 28.4 Å². The van der Waals surface area contributed by atoms with Gasteiger partial charge in [-0.15, -0.1) is 0 Å². The third kappa shape index (κ3) is 3.10. The molecule has 5 rings (SSSR count). The van der Waals surface area contributed by atoms with Crippen LogP contribution in [0.5, 0.6) is 11.5 Å². The van der Waals surface area contributed by atoms with Crippen LogP contribution in [0, 0.1) is 5.82 Å². The topological polar surface area (TPSA) is 67.5 Å². The van der Waals surface area contributed by atoms with E-state index < -0.39 is 11.9 Å². The van der Waals surface area contributed by atoms with Gasteiger partial charge in [-0.1, -0.05) is 24.3 Å². The van der Waals surface area contributed by atoms with Crippen molar-refractivity contribution in [2.45, 2.75) is 6.04 Å². The summed E-state index contributed by atoms with van der Waals surface area (Å²) in [6.45, 7) is 0. The first-order chi connectivity index (χ1) is 15.6. The highest BCUT2D eigenvalue weighted by molar-refractivity contribution is 6.11. The number of carbonyl (C=O) groups excluding carboxylic acids is 1. The molecule has 1 amide bonds. The van der Waals surface area contributed by atoms with Gasteiger partial charge in [-0.05, 0) is 48.5 Å². The summed E-state index contributed by atoms with van der Waals surface area (Å²) in [4.78, 5) is 15.1. The molecule has 4 aromatic rings. The number of fused-ring (bicyclic) bond motifs is 1. The number of carbonyl (C=O) groups is 1. The van der Waals surface area contributed by atoms with Crippen molar-refractivity contribution in [2.24, 2.45) is 0 Å². The highest BCUT2D eigenvalue weighted by Crippen LogP contribution is 2.47. The van der Waals surface area contributed by atoms with Crippen molar-refractivity contribution in [1.82, 2.24) is 10.2 Å². The van der Waals surface area contributed by atoms with Crippen LogP contribution in [0.2, 0.25) is 0 Å². The molecule has 0 fully saturated rings. The Hall–Kier alpha value is -4.13. The largest absolute Gasteiger partial charge is 0.497 e. The Balaban J connectivity index is 1.73. The second kappa shape index (κ2) is 7.85. The first-order valence-electron chi connectivity index (χ1n) is 10.1. The summed E-state index contributed by atoms with van der Waals surface area (Å²) in [6.07, 6.45) is 0. The lowest BCUT2D eigenvalue weighted by Crippen LogP contribution is -2.29. The third-order valence-corrected chi connectivity index (χ3v) is 5.65. The zero-order chi connectivity index (χ0) is 22.2. The predicted octanol–water partition coefficient (Wildman–Crippen LogP) is 4.98. The monoisotopic (exact) mass is 429 g/mol. The number of anilines is 1. The lowest BCUT2D eigenvalue weighted by atomic mass is 9.95. The molecule has 160 valence electrons. The summed E-state index contributed by atoms with van der Waals surface area (Å²) < 4.78 is 25.0. The van der Waals surface area contributed by atoms with Crippen molar-refractivity contribution in [3.05, 3.63) is 95.4 Å². The fourth-order valence-electron chi connectivity index (χ4n) is 4.19. The van der Waals surface area contributed by atoms with Crippen LogP contribution >= 0.6 is 0 Å². The second-order valence-electron chi connectivity index (χ2n) is 7.39. The molecule has 2 heterocycles. The molecule has 1 aliphatic heterocycles. The Kier molecular flexibility index (Phi) is 4.86. The predicted molar refractivity (Wildman–Crippen MR) is 119 cm³/mol. The smallest absolute Gasteiger partial charge is 0.277 e. The zero-order valence-corrected chi connectivity index (χ0v) is 17.5. The van der Waals surface area contributed by atoms with Gasteiger partial charge in [-0.25, -0.2) is 4.39 Å². The molecule has 3 aromatic carbocycles. The lowest BCUT2D eigenvalue weighted by Gasteiger charge is -2.27. The summed E-state index contributed by atoms with van der Waals surface area (Å²) in [6, 6.07) is 20.4. The van der Waals surface area contributed by atoms with Crippen LogP contribution in [0.1, 0.15) is 27.7 Å². The van der Waals surface area contributed by atoms with Crippen LogP contribution in [0.15, 0.2) is 72.8 Å². The van der Waals surface area contributed by atoms with Crippen LogP contribution < -0.4 is 14.4 Å². The van der Waals surface area contributed by atoms with E-state index in [9.17, 15) is 9.18 Å². The Morgan fingerprint density at radius 3 is 2.47 bits per heavy atom. The maximum Gasteiger partial charge on any atom is 0.277 e. The van der Waals surface area contributed by atoms with E-state index in [1.54, 1.807) is 31.3 Å². The molecule has 1 aromatic heterocycles. The standard InChI is InChI=1S/C25H20FN3O3/c1-31-18-12-10-15(11-13-18)22-21-23(28-27-22)25(30)29(17-7-5-6-16(26)14-17)24(21)19-8-3-4-9-20(19)32-2/h3-14,24H,1-2H3,(H,27,28). The van der Waals surface area contributed by atoms with Crippen molar-refractivity contribution < 1.29 is 18.7 Å². The fraction of sp³-hybridized carbons (Fsp3) is 0.120. The van der Waals surface area contributed by atoms with E-state index in [2.05, 4.69) is 10.2 Å². The third-order valence-electron chi connectivity index (χ3n) is 5.65. The minimum absolute atomic E-state index is 0.284. The van der Waals surface area contributed by atoms with E-state index in [1.807, 2.05) is 48.5 Å². The van der Waals surface area contributed by atoms with Crippen LogP contribution in [0.4, 0.5) is 10.1 Å². The molecule has 6 nitrogen and oxygen atoms in total. The summed E-state index contributed by atoms with van der Waals surface area (Å²) in [5.74, 6) is 0.646. The van der Waals surface area contributed by atoms with E-state index in [-0.39, 0.29) is 5.91 Å². The summed E-state index contributed by atoms with van der Waals surface area (Å²) in [7, 11) is 3.19. The molecular weight excluding hydrogens is 409 g/mol. The van der Waals surface area contributed by atoms with Crippen molar-refractivity contribution in [1.29, 1.82) is 0 Å². The normalized spacial score (nSPS) is 15.0. The van der Waals surface area contributed by atoms with E-state index in [4.69, 9.17) is 9.47 Å². The van der Waals surface area contributed by atoms with Crippen molar-refractivity contribution in [3.8, 4) is 22.8 Å². The average Bonchev–Trinajstić information content (AvgIpc) is 3.38. The fourth-order valence-corrected chi connectivity index (χ4v) is 4.19. The van der Waals surface area contributed by atoms with Gasteiger partial charge in [0.15, 0.2) is 0 Å². The van der Waals surface area contributed by atoms with Gasteiger partial charge in [0.25, 0.3) is 5.91 Å². The summed E-state index contributed by atoms with van der Waals surface area (Å²) in [5, 5.41) is 7.37. The number of rotatable bonds is 5. The molecule has 32 heavy (non-hydrogen) atoms. The number of aromatic nitrogens is 2. The maximum absolute atomic E-state index is 14.1. The molecule has 1 aliphatic rings. The number of para-hydroxylation sites is 1. The lowest BCUT2D eigenvalue weighted by molar-refractivity contribution is 0.0988. The van der Waals surface area contributed by atoms with Gasteiger partial charge in [-0.2, -0.15) is 5.10 Å². The first kappa shape index (κ1) is 19.8. The van der Waals surface area contributed by atoms with Gasteiger partial charge in [0.05, 0.1) is 26.0 Å². The number of benzene rings is 3. The van der Waals surface area contributed by atoms with Gasteiger partial charge < -0.3 is 9.47 Å². The van der Waals surface area contributed by atoms with Crippen molar-refractivity contribution in [3.63, 3.8) is 0 Å². The van der Waals surface area contributed by atoms with Crippen LogP contribution in [0.3, 0.4) is 0 Å². The molecular formula is C25H20FN3O3. The molecule has 1 unspecified atom stereocenters. The second-order valence-corrected chi connectivity index (χ2v) is 7.39. The minimum Gasteiger partial charge on any atom is -0.497 e. The van der Waals surface area contributed by atoms with Gasteiger partial charge >= 0.3 is 0 Å². The number of H-pyrrole nitrogens is 1. The number of ether oxygens (including phenoxy) is 2. The average molecular weight is 429 g/mol. The number of nitrogens with zero attached hydrogens (tertiary/aromatic N) is 2. The molecule has 0 aliphatic carbocycles. The highest BCUT2D eigenvalue weighted by Gasteiger charge is 2.44. The van der Waals surface area contributed by atoms with E-state index in [0.717, 1.165) is 16.9 Å². The molecule has 0 spiro atoms. The highest BCUT2D eigenvalue weighted by atomic mass is 19.1. The first-order valence-corrected chi connectivity index (χ1v) is 10.1. The maximum atomic E-state index is 14.1. The number of amides is 1. The number of hydrogen-bond acceptors (Lipinski definition) is 4. The Morgan fingerprint density at radius 2 is 1.75 bits per heavy atom. The minimum atomic E-state index is -0.550. The molecule has 0 saturated carbocycles. The van der Waals surface area contributed by atoms with E-state index >= 15 is 0 Å². The molecule has 0 bridgehead atoms. The zero-order valence-electron chi connectivity index (χ0n) is 17.5. The number of halogens is 1. The number of aromatic amines is 1. The Labute approximate surface area is 184 Å². The van der Waals surface area contributed by atoms with Gasteiger partial charge in [-0.3, -0.25) is 14.8 Å². The number of hydrogen-bond donors (Lipinski definition) is 1. The SMILES string of the molecule is COc1ccc(-c2n[nH]c3c2C(c2ccccc2OC)N(c2cccc(F)c2)C3=O)cc1. The molecule has 0 saturated heterocycles. The van der Waals surface area contributed by atoms with Gasteiger partial charge in [0.1, 0.15) is 23.0 Å². The molecule has 1 atom stereocenters. The number of nitrogens with one attached hydrogen (secondary N) is 1. The van der Waals surface area contributed by atoms with Crippen LogP contribution in [-0.2, 0) is 0 Å². The van der Waals surface area contributed by atoms with E-state index in [1.165, 1.54) is 12.1 Å². The van der Waals surface area contributed by atoms with Crippen molar-refractivity contribution in [2.75, 3.05) is 19.1 Å². The molecule has 1 N–H and O–H groups in total. The van der Waals surface area contributed by atoms with Crippen LogP contribution in [-0.4, -0.2) is 30.3 Å². The summed E-state index contributed by atoms with van der Waals surface area (Å²) in [5.41, 5.74) is 3.80. The molecule has 0 radical (unpaired) electrons. The van der Waals surface area contributed by atoms with Crippen molar-refractivity contribution >= 4 is 11.6 Å². The molecule has 7 heteroatoms.